The van der Waals surface area contributed by atoms with Gasteiger partial charge in [-0.15, -0.1) is 6.58 Å². The summed E-state index contributed by atoms with van der Waals surface area (Å²) in [6.45, 7) is 5.01. The molecule has 2 unspecified atom stereocenters. The van der Waals surface area contributed by atoms with Crippen LogP contribution < -0.4 is 5.32 Å². The molecule has 0 bridgehead atoms. The molecule has 120 valence electrons. The Bertz CT molecular complexity index is 685. The largest absolute Gasteiger partial charge is 0.504 e. The summed E-state index contributed by atoms with van der Waals surface area (Å²) in [5, 5.41) is 23.3. The van der Waals surface area contributed by atoms with Gasteiger partial charge in [-0.3, -0.25) is 0 Å². The minimum Gasteiger partial charge on any atom is -0.504 e. The van der Waals surface area contributed by atoms with Gasteiger partial charge in [-0.1, -0.05) is 42.5 Å². The minimum atomic E-state index is -0.185. The first-order valence-corrected chi connectivity index (χ1v) is 7.76. The van der Waals surface area contributed by atoms with E-state index in [2.05, 4.69) is 11.9 Å². The van der Waals surface area contributed by atoms with Crippen LogP contribution in [0, 0.1) is 0 Å². The van der Waals surface area contributed by atoms with Crippen LogP contribution in [0.15, 0.2) is 55.1 Å². The Morgan fingerprint density at radius 3 is 2.70 bits per heavy atom. The molecule has 1 aliphatic rings. The van der Waals surface area contributed by atoms with Gasteiger partial charge in [-0.25, -0.2) is 0 Å². The summed E-state index contributed by atoms with van der Waals surface area (Å²) in [5.41, 5.74) is 2.74. The molecule has 3 rings (SSSR count). The van der Waals surface area contributed by atoms with Crippen LogP contribution in [0.1, 0.15) is 28.9 Å². The van der Waals surface area contributed by atoms with E-state index in [1.54, 1.807) is 6.08 Å². The predicted octanol–water partition coefficient (Wildman–Crippen LogP) is 3.23. The third kappa shape index (κ3) is 3.23. The fraction of sp³-hybridized carbons (Fsp3) is 0.263. The van der Waals surface area contributed by atoms with E-state index in [-0.39, 0.29) is 23.7 Å². The molecule has 4 heteroatoms. The van der Waals surface area contributed by atoms with E-state index >= 15 is 0 Å². The van der Waals surface area contributed by atoms with Crippen molar-refractivity contribution in [1.29, 1.82) is 0 Å². The van der Waals surface area contributed by atoms with E-state index in [0.29, 0.717) is 19.5 Å². The number of ether oxygens (including phenoxy) is 1. The van der Waals surface area contributed by atoms with Gasteiger partial charge in [0.1, 0.15) is 0 Å². The van der Waals surface area contributed by atoms with Crippen LogP contribution in [0.3, 0.4) is 0 Å². The molecule has 3 N–H and O–H groups in total. The summed E-state index contributed by atoms with van der Waals surface area (Å²) < 4.78 is 6.25. The molecule has 2 aromatic carbocycles. The maximum Gasteiger partial charge on any atom is 0.161 e. The predicted molar refractivity (Wildman–Crippen MR) is 89.6 cm³/mol. The standard InChI is InChI=1S/C19H21NO3/c1-2-10-20-12-18-14-8-9-16(21)19(22)15(14)11-17(23-18)13-6-4-3-5-7-13/h2-9,17-18,20-22H,1,10-12H2. The Balaban J connectivity index is 1.94. The van der Waals surface area contributed by atoms with Crippen molar-refractivity contribution in [2.75, 3.05) is 13.1 Å². The highest BCUT2D eigenvalue weighted by molar-refractivity contribution is 5.51. The fourth-order valence-electron chi connectivity index (χ4n) is 3.00. The number of aromatic hydroxyl groups is 2. The summed E-state index contributed by atoms with van der Waals surface area (Å²) in [6, 6.07) is 13.3. The number of benzene rings is 2. The van der Waals surface area contributed by atoms with Gasteiger partial charge < -0.3 is 20.3 Å². The first kappa shape index (κ1) is 15.6. The van der Waals surface area contributed by atoms with Crippen LogP contribution in [-0.4, -0.2) is 23.3 Å². The van der Waals surface area contributed by atoms with Gasteiger partial charge in [0.15, 0.2) is 11.5 Å². The van der Waals surface area contributed by atoms with E-state index in [0.717, 1.165) is 16.7 Å². The summed E-state index contributed by atoms with van der Waals surface area (Å²) in [4.78, 5) is 0. The Morgan fingerprint density at radius 1 is 1.17 bits per heavy atom. The van der Waals surface area contributed by atoms with Crippen LogP contribution in [-0.2, 0) is 11.2 Å². The van der Waals surface area contributed by atoms with E-state index in [1.165, 1.54) is 6.07 Å². The van der Waals surface area contributed by atoms with Gasteiger partial charge in [0.05, 0.1) is 12.2 Å². The molecule has 0 spiro atoms. The topological polar surface area (TPSA) is 61.7 Å². The van der Waals surface area contributed by atoms with Gasteiger partial charge in [0.2, 0.25) is 0 Å². The summed E-state index contributed by atoms with van der Waals surface area (Å²) >= 11 is 0. The maximum atomic E-state index is 10.3. The lowest BCUT2D eigenvalue weighted by Gasteiger charge is -2.33. The zero-order chi connectivity index (χ0) is 16.2. The third-order valence-corrected chi connectivity index (χ3v) is 4.15. The maximum absolute atomic E-state index is 10.3. The molecular weight excluding hydrogens is 290 g/mol. The molecule has 2 atom stereocenters. The molecule has 0 aliphatic carbocycles. The molecular formula is C19H21NO3. The summed E-state index contributed by atoms with van der Waals surface area (Å²) in [5.74, 6) is -0.129. The molecule has 4 nitrogen and oxygen atoms in total. The molecule has 0 radical (unpaired) electrons. The van der Waals surface area contributed by atoms with E-state index in [9.17, 15) is 10.2 Å². The first-order valence-electron chi connectivity index (χ1n) is 7.76. The average Bonchev–Trinajstić information content (AvgIpc) is 2.59. The SMILES string of the molecule is C=CCNCC1OC(c2ccccc2)Cc2c1ccc(O)c2O. The monoisotopic (exact) mass is 311 g/mol. The van der Waals surface area contributed by atoms with Crippen molar-refractivity contribution in [1.82, 2.24) is 5.32 Å². The average molecular weight is 311 g/mol. The number of hydrogen-bond donors (Lipinski definition) is 3. The quantitative estimate of drug-likeness (QED) is 0.451. The van der Waals surface area contributed by atoms with Crippen LogP contribution in [0.5, 0.6) is 11.5 Å². The first-order chi connectivity index (χ1) is 11.2. The number of rotatable bonds is 5. The smallest absolute Gasteiger partial charge is 0.161 e. The molecule has 0 aromatic heterocycles. The zero-order valence-electron chi connectivity index (χ0n) is 12.9. The molecule has 0 saturated heterocycles. The fourth-order valence-corrected chi connectivity index (χ4v) is 3.00. The Labute approximate surface area is 136 Å². The summed E-state index contributed by atoms with van der Waals surface area (Å²) in [6.07, 6.45) is 2.01. The minimum absolute atomic E-state index is 0.0412. The second-order valence-electron chi connectivity index (χ2n) is 5.68. The highest BCUT2D eigenvalue weighted by atomic mass is 16.5. The second-order valence-corrected chi connectivity index (χ2v) is 5.68. The highest BCUT2D eigenvalue weighted by Gasteiger charge is 2.31. The van der Waals surface area contributed by atoms with Crippen molar-refractivity contribution in [3.05, 3.63) is 71.8 Å². The van der Waals surface area contributed by atoms with Crippen LogP contribution in [0.25, 0.3) is 0 Å². The molecule has 1 aliphatic heterocycles. The van der Waals surface area contributed by atoms with Crippen molar-refractivity contribution in [2.45, 2.75) is 18.6 Å². The van der Waals surface area contributed by atoms with Crippen molar-refractivity contribution in [2.24, 2.45) is 0 Å². The van der Waals surface area contributed by atoms with Crippen LogP contribution >= 0.6 is 0 Å². The lowest BCUT2D eigenvalue weighted by atomic mass is 9.90. The Kier molecular flexibility index (Phi) is 4.65. The Morgan fingerprint density at radius 2 is 1.96 bits per heavy atom. The Hall–Kier alpha value is -2.30. The number of phenolic OH excluding ortho intramolecular Hbond substituents is 2. The molecule has 1 heterocycles. The molecule has 23 heavy (non-hydrogen) atoms. The lowest BCUT2D eigenvalue weighted by molar-refractivity contribution is -0.0268. The number of fused-ring (bicyclic) bond motifs is 1. The van der Waals surface area contributed by atoms with Gasteiger partial charge in [0.25, 0.3) is 0 Å². The van der Waals surface area contributed by atoms with Gasteiger partial charge in [-0.05, 0) is 17.2 Å². The molecule has 0 saturated carbocycles. The number of nitrogens with one attached hydrogen (secondary N) is 1. The van der Waals surface area contributed by atoms with E-state index in [1.807, 2.05) is 36.4 Å². The zero-order valence-corrected chi connectivity index (χ0v) is 12.9. The molecule has 0 fully saturated rings. The van der Waals surface area contributed by atoms with E-state index in [4.69, 9.17) is 4.74 Å². The van der Waals surface area contributed by atoms with Gasteiger partial charge in [-0.2, -0.15) is 0 Å². The normalized spacial score (nSPS) is 20.0. The van der Waals surface area contributed by atoms with Crippen molar-refractivity contribution in [3.8, 4) is 11.5 Å². The van der Waals surface area contributed by atoms with Crippen molar-refractivity contribution < 1.29 is 14.9 Å². The third-order valence-electron chi connectivity index (χ3n) is 4.15. The molecule has 0 amide bonds. The highest BCUT2D eigenvalue weighted by Crippen LogP contribution is 2.43. The van der Waals surface area contributed by atoms with Crippen LogP contribution in [0.2, 0.25) is 0 Å². The number of hydrogen-bond acceptors (Lipinski definition) is 4. The van der Waals surface area contributed by atoms with Gasteiger partial charge >= 0.3 is 0 Å². The second kappa shape index (κ2) is 6.86. The van der Waals surface area contributed by atoms with Crippen molar-refractivity contribution in [3.63, 3.8) is 0 Å². The van der Waals surface area contributed by atoms with Gasteiger partial charge in [0, 0.05) is 25.1 Å². The number of phenols is 2. The lowest BCUT2D eigenvalue weighted by Crippen LogP contribution is -2.29. The molecule has 2 aromatic rings. The summed E-state index contributed by atoms with van der Waals surface area (Å²) in [7, 11) is 0. The van der Waals surface area contributed by atoms with Crippen molar-refractivity contribution >= 4 is 0 Å². The van der Waals surface area contributed by atoms with Crippen LogP contribution in [0.4, 0.5) is 0 Å². The van der Waals surface area contributed by atoms with E-state index < -0.39 is 0 Å².